The van der Waals surface area contributed by atoms with Crippen LogP contribution in [0.1, 0.15) is 40.9 Å². The Hall–Kier alpha value is -3.73. The third-order valence-electron chi connectivity index (χ3n) is 6.02. The van der Waals surface area contributed by atoms with Crippen molar-refractivity contribution in [2.24, 2.45) is 0 Å². The van der Waals surface area contributed by atoms with Gasteiger partial charge in [0.1, 0.15) is 0 Å². The van der Waals surface area contributed by atoms with E-state index in [2.05, 4.69) is 5.32 Å². The highest BCUT2D eigenvalue weighted by Gasteiger charge is 2.23. The van der Waals surface area contributed by atoms with Crippen molar-refractivity contribution in [3.63, 3.8) is 0 Å². The molecule has 0 spiro atoms. The predicted molar refractivity (Wildman–Crippen MR) is 126 cm³/mol. The molecular formula is C27H24N2O3. The molecular weight excluding hydrogens is 400 g/mol. The van der Waals surface area contributed by atoms with Gasteiger partial charge in [0.2, 0.25) is 0 Å². The molecule has 4 aromatic rings. The van der Waals surface area contributed by atoms with E-state index in [9.17, 15) is 9.59 Å². The summed E-state index contributed by atoms with van der Waals surface area (Å²) >= 11 is 0. The molecule has 0 unspecified atom stereocenters. The SMILES string of the molecule is O=C(COC(=O)c1c2c(nc3ccccc13)CCCCC2)Nc1cccc2ccccc12. The van der Waals surface area contributed by atoms with Gasteiger partial charge in [-0.25, -0.2) is 4.79 Å². The van der Waals surface area contributed by atoms with Gasteiger partial charge >= 0.3 is 5.97 Å². The number of anilines is 1. The van der Waals surface area contributed by atoms with Gasteiger partial charge in [-0.05, 0) is 48.8 Å². The molecule has 0 fully saturated rings. The van der Waals surface area contributed by atoms with Gasteiger partial charge in [-0.2, -0.15) is 0 Å². The van der Waals surface area contributed by atoms with Crippen molar-refractivity contribution < 1.29 is 14.3 Å². The first kappa shape index (κ1) is 20.2. The Balaban J connectivity index is 1.38. The van der Waals surface area contributed by atoms with E-state index in [1.54, 1.807) is 0 Å². The second-order valence-electron chi connectivity index (χ2n) is 8.14. The molecule has 1 N–H and O–H groups in total. The lowest BCUT2D eigenvalue weighted by Crippen LogP contribution is -2.22. The molecule has 1 aliphatic rings. The van der Waals surface area contributed by atoms with Crippen molar-refractivity contribution in [2.75, 3.05) is 11.9 Å². The largest absolute Gasteiger partial charge is 0.452 e. The van der Waals surface area contributed by atoms with Crippen molar-refractivity contribution >= 4 is 39.2 Å². The number of aryl methyl sites for hydroxylation is 1. The molecule has 32 heavy (non-hydrogen) atoms. The van der Waals surface area contributed by atoms with Crippen LogP contribution in [0.3, 0.4) is 0 Å². The number of esters is 1. The van der Waals surface area contributed by atoms with Gasteiger partial charge in [0.05, 0.1) is 11.1 Å². The monoisotopic (exact) mass is 424 g/mol. The van der Waals surface area contributed by atoms with E-state index in [0.29, 0.717) is 11.3 Å². The standard InChI is InChI=1S/C27H24N2O3/c30-25(29-22-16-8-10-18-9-4-5-11-19(18)22)17-32-27(31)26-20-12-2-1-3-14-23(20)28-24-15-7-6-13-21(24)26/h4-11,13,15-16H,1-3,12,14,17H2,(H,29,30). The molecule has 1 aliphatic carbocycles. The van der Waals surface area contributed by atoms with Crippen molar-refractivity contribution in [2.45, 2.75) is 32.1 Å². The van der Waals surface area contributed by atoms with Gasteiger partial charge in [-0.3, -0.25) is 9.78 Å². The van der Waals surface area contributed by atoms with Crippen LogP contribution in [0.5, 0.6) is 0 Å². The Morgan fingerprint density at radius 2 is 1.59 bits per heavy atom. The fourth-order valence-corrected chi connectivity index (χ4v) is 4.51. The number of para-hydroxylation sites is 1. The number of nitrogens with one attached hydrogen (secondary N) is 1. The van der Waals surface area contributed by atoms with Crippen molar-refractivity contribution in [3.05, 3.63) is 83.6 Å². The number of nitrogens with zero attached hydrogens (tertiary/aromatic N) is 1. The van der Waals surface area contributed by atoms with Crippen LogP contribution in [0.2, 0.25) is 0 Å². The molecule has 0 bridgehead atoms. The molecule has 3 aromatic carbocycles. The van der Waals surface area contributed by atoms with Crippen LogP contribution in [0.25, 0.3) is 21.7 Å². The zero-order valence-corrected chi connectivity index (χ0v) is 17.8. The Labute approximate surface area is 186 Å². The summed E-state index contributed by atoms with van der Waals surface area (Å²) in [6, 6.07) is 21.2. The van der Waals surface area contributed by atoms with Crippen LogP contribution in [-0.2, 0) is 22.4 Å². The quantitative estimate of drug-likeness (QED) is 0.349. The number of hydrogen-bond acceptors (Lipinski definition) is 4. The van der Waals surface area contributed by atoms with Gasteiger partial charge < -0.3 is 10.1 Å². The Morgan fingerprint density at radius 1 is 0.844 bits per heavy atom. The zero-order valence-electron chi connectivity index (χ0n) is 17.8. The minimum absolute atomic E-state index is 0.340. The number of amides is 1. The average molecular weight is 425 g/mol. The maximum atomic E-state index is 13.2. The van der Waals surface area contributed by atoms with E-state index in [1.807, 2.05) is 66.7 Å². The first-order valence-electron chi connectivity index (χ1n) is 11.1. The van der Waals surface area contributed by atoms with Crippen LogP contribution in [0.4, 0.5) is 5.69 Å². The highest BCUT2D eigenvalue weighted by Crippen LogP contribution is 2.29. The highest BCUT2D eigenvalue weighted by atomic mass is 16.5. The number of aromatic nitrogens is 1. The third-order valence-corrected chi connectivity index (χ3v) is 6.02. The molecule has 160 valence electrons. The number of rotatable bonds is 4. The van der Waals surface area contributed by atoms with Crippen LogP contribution in [0.15, 0.2) is 66.7 Å². The minimum Gasteiger partial charge on any atom is -0.452 e. The van der Waals surface area contributed by atoms with Crippen LogP contribution < -0.4 is 5.32 Å². The molecule has 1 heterocycles. The van der Waals surface area contributed by atoms with E-state index in [0.717, 1.165) is 65.0 Å². The van der Waals surface area contributed by atoms with E-state index >= 15 is 0 Å². The summed E-state index contributed by atoms with van der Waals surface area (Å²) in [4.78, 5) is 30.6. The highest BCUT2D eigenvalue weighted by molar-refractivity contribution is 6.07. The maximum absolute atomic E-state index is 13.2. The molecule has 1 aromatic heterocycles. The molecule has 5 rings (SSSR count). The van der Waals surface area contributed by atoms with Crippen molar-refractivity contribution in [3.8, 4) is 0 Å². The third kappa shape index (κ3) is 3.94. The summed E-state index contributed by atoms with van der Waals surface area (Å²) in [6.45, 7) is -0.340. The number of hydrogen-bond donors (Lipinski definition) is 1. The summed E-state index contributed by atoms with van der Waals surface area (Å²) in [5.41, 5.74) is 4.01. The second kappa shape index (κ2) is 8.79. The summed E-state index contributed by atoms with van der Waals surface area (Å²) < 4.78 is 5.51. The summed E-state index contributed by atoms with van der Waals surface area (Å²) in [5, 5.41) is 5.64. The van der Waals surface area contributed by atoms with Crippen LogP contribution >= 0.6 is 0 Å². The van der Waals surface area contributed by atoms with Gasteiger partial charge in [0.25, 0.3) is 5.91 Å². The first-order chi connectivity index (χ1) is 15.7. The first-order valence-corrected chi connectivity index (χ1v) is 11.1. The van der Waals surface area contributed by atoms with Crippen LogP contribution in [0, 0.1) is 0 Å². The lowest BCUT2D eigenvalue weighted by molar-refractivity contribution is -0.119. The number of fused-ring (bicyclic) bond motifs is 3. The minimum atomic E-state index is -0.463. The Kier molecular flexibility index (Phi) is 5.55. The number of benzene rings is 3. The van der Waals surface area contributed by atoms with Crippen molar-refractivity contribution in [1.29, 1.82) is 0 Å². The predicted octanol–water partition coefficient (Wildman–Crippen LogP) is 5.45. The van der Waals surface area contributed by atoms with Gasteiger partial charge in [0, 0.05) is 22.2 Å². The summed E-state index contributed by atoms with van der Waals surface area (Å²) in [7, 11) is 0. The second-order valence-corrected chi connectivity index (χ2v) is 8.14. The molecule has 0 aliphatic heterocycles. The molecule has 0 saturated carbocycles. The zero-order chi connectivity index (χ0) is 21.9. The van der Waals surface area contributed by atoms with E-state index < -0.39 is 5.97 Å². The normalized spacial score (nSPS) is 13.4. The summed E-state index contributed by atoms with van der Waals surface area (Å²) in [6.07, 6.45) is 4.88. The average Bonchev–Trinajstić information content (AvgIpc) is 3.06. The van der Waals surface area contributed by atoms with Crippen molar-refractivity contribution in [1.82, 2.24) is 4.98 Å². The fraction of sp³-hybridized carbons (Fsp3) is 0.222. The number of carbonyl (C=O) groups is 2. The smallest absolute Gasteiger partial charge is 0.339 e. The molecule has 5 nitrogen and oxygen atoms in total. The molecule has 5 heteroatoms. The maximum Gasteiger partial charge on any atom is 0.339 e. The van der Waals surface area contributed by atoms with Gasteiger partial charge in [-0.15, -0.1) is 0 Å². The van der Waals surface area contributed by atoms with Gasteiger partial charge in [-0.1, -0.05) is 61.0 Å². The Bertz CT molecular complexity index is 1320. The van der Waals surface area contributed by atoms with E-state index in [1.165, 1.54) is 0 Å². The lowest BCUT2D eigenvalue weighted by Gasteiger charge is -2.15. The number of ether oxygens (including phenoxy) is 1. The van der Waals surface area contributed by atoms with Crippen LogP contribution in [-0.4, -0.2) is 23.5 Å². The molecule has 0 atom stereocenters. The van der Waals surface area contributed by atoms with E-state index in [4.69, 9.17) is 9.72 Å². The summed E-state index contributed by atoms with van der Waals surface area (Å²) in [5.74, 6) is -0.825. The van der Waals surface area contributed by atoms with E-state index in [-0.39, 0.29) is 12.5 Å². The molecule has 0 radical (unpaired) electrons. The topological polar surface area (TPSA) is 68.3 Å². The molecule has 1 amide bonds. The van der Waals surface area contributed by atoms with Gasteiger partial charge in [0.15, 0.2) is 6.61 Å². The number of carbonyl (C=O) groups excluding carboxylic acids is 2. The number of pyridine rings is 1. The lowest BCUT2D eigenvalue weighted by atomic mass is 9.97. The Morgan fingerprint density at radius 3 is 2.50 bits per heavy atom. The fourth-order valence-electron chi connectivity index (χ4n) is 4.51. The molecule has 0 saturated heterocycles.